The van der Waals surface area contributed by atoms with E-state index in [4.69, 9.17) is 9.47 Å². The van der Waals surface area contributed by atoms with Crippen LogP contribution in [0.5, 0.6) is 0 Å². The minimum atomic E-state index is -0.423. The lowest BCUT2D eigenvalue weighted by Gasteiger charge is -2.24. The summed E-state index contributed by atoms with van der Waals surface area (Å²) in [5.74, 6) is -0.0117. The van der Waals surface area contributed by atoms with E-state index >= 15 is 0 Å². The van der Waals surface area contributed by atoms with Crippen molar-refractivity contribution in [1.29, 1.82) is 0 Å². The smallest absolute Gasteiger partial charge is 0.249 e. The normalized spacial score (nSPS) is 25.6. The van der Waals surface area contributed by atoms with Gasteiger partial charge in [0.05, 0.1) is 12.7 Å². The van der Waals surface area contributed by atoms with E-state index in [0.717, 1.165) is 45.5 Å². The summed E-state index contributed by atoms with van der Waals surface area (Å²) in [5, 5.41) is 3.14. The molecule has 0 bridgehead atoms. The monoisotopic (exact) mass is 346 g/mol. The molecule has 2 heterocycles. The second kappa shape index (κ2) is 9.32. The maximum Gasteiger partial charge on any atom is 0.249 e. The molecule has 2 aliphatic heterocycles. The van der Waals surface area contributed by atoms with Crippen molar-refractivity contribution >= 4 is 5.91 Å². The number of ether oxygens (including phenoxy) is 2. The molecular formula is C20H30N2O3. The number of hydrogen-bond acceptors (Lipinski definition) is 4. The predicted molar refractivity (Wildman–Crippen MR) is 97.3 cm³/mol. The molecule has 0 saturated carbocycles. The van der Waals surface area contributed by atoms with Gasteiger partial charge in [-0.05, 0) is 38.2 Å². The molecule has 3 unspecified atom stereocenters. The maximum absolute atomic E-state index is 12.3. The van der Waals surface area contributed by atoms with Crippen LogP contribution in [0.3, 0.4) is 0 Å². The second-order valence-corrected chi connectivity index (χ2v) is 7.18. The van der Waals surface area contributed by atoms with Crippen LogP contribution in [0.4, 0.5) is 0 Å². The van der Waals surface area contributed by atoms with Crippen molar-refractivity contribution in [2.75, 3.05) is 26.3 Å². The van der Waals surface area contributed by atoms with Crippen LogP contribution in [0.2, 0.25) is 0 Å². The van der Waals surface area contributed by atoms with Crippen molar-refractivity contribution in [3.63, 3.8) is 0 Å². The van der Waals surface area contributed by atoms with Gasteiger partial charge in [-0.2, -0.15) is 0 Å². The van der Waals surface area contributed by atoms with Gasteiger partial charge in [-0.25, -0.2) is 0 Å². The molecule has 2 aliphatic rings. The molecule has 1 aromatic rings. The summed E-state index contributed by atoms with van der Waals surface area (Å²) in [6, 6.07) is 10.7. The van der Waals surface area contributed by atoms with Crippen molar-refractivity contribution in [1.82, 2.24) is 10.2 Å². The lowest BCUT2D eigenvalue weighted by Crippen LogP contribution is -2.43. The number of hydrogen-bond donors (Lipinski definition) is 1. The molecular weight excluding hydrogens is 316 g/mol. The number of benzene rings is 1. The van der Waals surface area contributed by atoms with Crippen molar-refractivity contribution < 1.29 is 14.3 Å². The largest absolute Gasteiger partial charge is 0.376 e. The van der Waals surface area contributed by atoms with E-state index in [1.165, 1.54) is 12.0 Å². The Labute approximate surface area is 150 Å². The Morgan fingerprint density at radius 1 is 1.32 bits per heavy atom. The number of amides is 1. The number of nitrogens with zero attached hydrogens (tertiary/aromatic N) is 1. The number of carbonyl (C=O) groups is 1. The summed E-state index contributed by atoms with van der Waals surface area (Å²) < 4.78 is 11.4. The quantitative estimate of drug-likeness (QED) is 0.823. The first kappa shape index (κ1) is 18.4. The fraction of sp³-hybridized carbons (Fsp3) is 0.650. The molecule has 3 atom stereocenters. The molecule has 1 N–H and O–H groups in total. The first-order valence-electron chi connectivity index (χ1n) is 9.50. The molecule has 5 nitrogen and oxygen atoms in total. The Morgan fingerprint density at radius 3 is 2.92 bits per heavy atom. The van der Waals surface area contributed by atoms with Gasteiger partial charge in [0, 0.05) is 32.3 Å². The SMILES string of the molecule is CC(OCC1CCCCO1)C(=O)NC1CCN(Cc2ccccc2)C1. The third kappa shape index (κ3) is 5.80. The average molecular weight is 346 g/mol. The van der Waals surface area contributed by atoms with Gasteiger partial charge in [0.15, 0.2) is 0 Å². The van der Waals surface area contributed by atoms with Gasteiger partial charge in [0.25, 0.3) is 0 Å². The molecule has 0 aliphatic carbocycles. The van der Waals surface area contributed by atoms with Gasteiger partial charge in [-0.3, -0.25) is 9.69 Å². The Hall–Kier alpha value is -1.43. The fourth-order valence-corrected chi connectivity index (χ4v) is 3.52. The first-order valence-corrected chi connectivity index (χ1v) is 9.50. The molecule has 5 heteroatoms. The molecule has 0 radical (unpaired) electrons. The Morgan fingerprint density at radius 2 is 2.16 bits per heavy atom. The van der Waals surface area contributed by atoms with E-state index in [1.54, 1.807) is 0 Å². The van der Waals surface area contributed by atoms with Crippen molar-refractivity contribution in [2.24, 2.45) is 0 Å². The molecule has 1 amide bonds. The summed E-state index contributed by atoms with van der Waals surface area (Å²) in [7, 11) is 0. The zero-order chi connectivity index (χ0) is 17.5. The number of rotatable bonds is 7. The van der Waals surface area contributed by atoms with E-state index in [1.807, 2.05) is 13.0 Å². The van der Waals surface area contributed by atoms with Crippen molar-refractivity contribution in [2.45, 2.75) is 57.4 Å². The zero-order valence-electron chi connectivity index (χ0n) is 15.2. The van der Waals surface area contributed by atoms with E-state index in [-0.39, 0.29) is 18.1 Å². The molecule has 25 heavy (non-hydrogen) atoms. The molecule has 0 aromatic heterocycles. The Balaban J connectivity index is 1.36. The minimum Gasteiger partial charge on any atom is -0.376 e. The highest BCUT2D eigenvalue weighted by molar-refractivity contribution is 5.80. The average Bonchev–Trinajstić information content (AvgIpc) is 3.08. The molecule has 2 saturated heterocycles. The fourth-order valence-electron chi connectivity index (χ4n) is 3.52. The molecule has 1 aromatic carbocycles. The molecule has 0 spiro atoms. The van der Waals surface area contributed by atoms with E-state index in [0.29, 0.717) is 6.61 Å². The number of carbonyl (C=O) groups excluding carboxylic acids is 1. The predicted octanol–water partition coefficient (Wildman–Crippen LogP) is 2.35. The van der Waals surface area contributed by atoms with Gasteiger partial charge in [-0.15, -0.1) is 0 Å². The molecule has 2 fully saturated rings. The van der Waals surface area contributed by atoms with Crippen LogP contribution in [-0.2, 0) is 20.8 Å². The van der Waals surface area contributed by atoms with Crippen LogP contribution in [0.15, 0.2) is 30.3 Å². The minimum absolute atomic E-state index is 0.0117. The highest BCUT2D eigenvalue weighted by Crippen LogP contribution is 2.15. The lowest BCUT2D eigenvalue weighted by molar-refractivity contribution is -0.136. The van der Waals surface area contributed by atoms with Gasteiger partial charge >= 0.3 is 0 Å². The van der Waals surface area contributed by atoms with Crippen molar-refractivity contribution in [3.05, 3.63) is 35.9 Å². The van der Waals surface area contributed by atoms with Crippen LogP contribution in [0.25, 0.3) is 0 Å². The molecule has 3 rings (SSSR count). The Kier molecular flexibility index (Phi) is 6.84. The van der Waals surface area contributed by atoms with Crippen LogP contribution < -0.4 is 5.32 Å². The molecule has 138 valence electrons. The zero-order valence-corrected chi connectivity index (χ0v) is 15.2. The van der Waals surface area contributed by atoms with Crippen LogP contribution >= 0.6 is 0 Å². The number of nitrogens with one attached hydrogen (secondary N) is 1. The van der Waals surface area contributed by atoms with Gasteiger partial charge < -0.3 is 14.8 Å². The Bertz CT molecular complexity index is 531. The summed E-state index contributed by atoms with van der Waals surface area (Å²) in [5.41, 5.74) is 1.32. The summed E-state index contributed by atoms with van der Waals surface area (Å²) >= 11 is 0. The van der Waals surface area contributed by atoms with Crippen LogP contribution in [0, 0.1) is 0 Å². The third-order valence-electron chi connectivity index (χ3n) is 5.04. The van der Waals surface area contributed by atoms with Gasteiger partial charge in [-0.1, -0.05) is 30.3 Å². The van der Waals surface area contributed by atoms with Crippen molar-refractivity contribution in [3.8, 4) is 0 Å². The summed E-state index contributed by atoms with van der Waals surface area (Å²) in [4.78, 5) is 14.7. The van der Waals surface area contributed by atoms with E-state index in [9.17, 15) is 4.79 Å². The van der Waals surface area contributed by atoms with Crippen LogP contribution in [0.1, 0.15) is 38.2 Å². The summed E-state index contributed by atoms with van der Waals surface area (Å²) in [6.45, 7) is 6.02. The van der Waals surface area contributed by atoms with Gasteiger partial charge in [0.2, 0.25) is 5.91 Å². The van der Waals surface area contributed by atoms with E-state index in [2.05, 4.69) is 34.5 Å². The lowest BCUT2D eigenvalue weighted by atomic mass is 10.1. The first-order chi connectivity index (χ1) is 12.2. The maximum atomic E-state index is 12.3. The van der Waals surface area contributed by atoms with Gasteiger partial charge in [0.1, 0.15) is 6.10 Å². The second-order valence-electron chi connectivity index (χ2n) is 7.18. The topological polar surface area (TPSA) is 50.8 Å². The summed E-state index contributed by atoms with van der Waals surface area (Å²) in [6.07, 6.45) is 4.08. The highest BCUT2D eigenvalue weighted by Gasteiger charge is 2.26. The highest BCUT2D eigenvalue weighted by atomic mass is 16.5. The van der Waals surface area contributed by atoms with Crippen LogP contribution in [-0.4, -0.2) is 55.4 Å². The third-order valence-corrected chi connectivity index (χ3v) is 5.04. The number of likely N-dealkylation sites (tertiary alicyclic amines) is 1. The standard InChI is InChI=1S/C20H30N2O3/c1-16(25-15-19-9-5-6-12-24-19)20(23)21-18-10-11-22(14-18)13-17-7-3-2-4-8-17/h2-4,7-8,16,18-19H,5-6,9-15H2,1H3,(H,21,23). The van der Waals surface area contributed by atoms with E-state index < -0.39 is 6.10 Å².